The Balaban J connectivity index is 2.02. The number of aryl methyl sites for hydroxylation is 1. The summed E-state index contributed by atoms with van der Waals surface area (Å²) < 4.78 is 0. The molecule has 0 bridgehead atoms. The second kappa shape index (κ2) is 4.68. The lowest BCUT2D eigenvalue weighted by molar-refractivity contribution is -0.139. The molecule has 0 aromatic heterocycles. The fourth-order valence-electron chi connectivity index (χ4n) is 2.11. The normalized spacial score (nSPS) is 15.3. The predicted molar refractivity (Wildman–Crippen MR) is 64.5 cm³/mol. The number of aromatic hydroxyl groups is 1. The van der Waals surface area contributed by atoms with E-state index in [9.17, 15) is 14.7 Å². The monoisotopic (exact) mass is 249 g/mol. The number of carboxylic acids is 1. The van der Waals surface area contributed by atoms with Crippen LogP contribution in [0.5, 0.6) is 5.75 Å². The van der Waals surface area contributed by atoms with Gasteiger partial charge < -0.3 is 15.1 Å². The average molecular weight is 249 g/mol. The van der Waals surface area contributed by atoms with Crippen LogP contribution in [-0.2, 0) is 4.79 Å². The minimum atomic E-state index is -0.842. The van der Waals surface area contributed by atoms with Crippen molar-refractivity contribution in [2.24, 2.45) is 5.92 Å². The summed E-state index contributed by atoms with van der Waals surface area (Å²) in [5, 5.41) is 18.4. The Labute approximate surface area is 105 Å². The highest BCUT2D eigenvalue weighted by atomic mass is 16.4. The molecule has 0 aliphatic carbocycles. The summed E-state index contributed by atoms with van der Waals surface area (Å²) in [6.45, 7) is 2.62. The predicted octanol–water partition coefficient (Wildman–Crippen LogP) is 1.25. The zero-order valence-corrected chi connectivity index (χ0v) is 10.1. The van der Waals surface area contributed by atoms with E-state index >= 15 is 0 Å². The van der Waals surface area contributed by atoms with Gasteiger partial charge in [0.15, 0.2) is 0 Å². The SMILES string of the molecule is Cc1cccc(C(=O)N2CC(CC(=O)O)C2)c1O. The van der Waals surface area contributed by atoms with Gasteiger partial charge in [-0.3, -0.25) is 9.59 Å². The van der Waals surface area contributed by atoms with Gasteiger partial charge in [-0.2, -0.15) is 0 Å². The fraction of sp³-hybridized carbons (Fsp3) is 0.385. The highest BCUT2D eigenvalue weighted by molar-refractivity contribution is 5.97. The number of carboxylic acid groups (broad SMARTS) is 1. The Bertz CT molecular complexity index is 492. The summed E-state index contributed by atoms with van der Waals surface area (Å²) in [6.07, 6.45) is 0.0869. The number of carbonyl (C=O) groups excluding carboxylic acids is 1. The van der Waals surface area contributed by atoms with E-state index in [0.29, 0.717) is 18.7 Å². The number of aliphatic carboxylic acids is 1. The molecule has 1 amide bonds. The third-order valence-electron chi connectivity index (χ3n) is 3.18. The molecule has 1 aliphatic rings. The maximum absolute atomic E-state index is 12.0. The van der Waals surface area contributed by atoms with E-state index in [4.69, 9.17) is 5.11 Å². The number of phenolic OH excluding ortho intramolecular Hbond substituents is 1. The first-order valence-electron chi connectivity index (χ1n) is 5.78. The van der Waals surface area contributed by atoms with E-state index in [0.717, 1.165) is 0 Å². The number of rotatable bonds is 3. The van der Waals surface area contributed by atoms with Crippen LogP contribution < -0.4 is 0 Å². The van der Waals surface area contributed by atoms with Crippen molar-refractivity contribution in [3.8, 4) is 5.75 Å². The molecule has 1 aromatic carbocycles. The molecule has 0 saturated carbocycles. The zero-order chi connectivity index (χ0) is 13.3. The molecule has 5 nitrogen and oxygen atoms in total. The lowest BCUT2D eigenvalue weighted by Gasteiger charge is -2.38. The second-order valence-corrected chi connectivity index (χ2v) is 4.65. The van der Waals surface area contributed by atoms with Crippen molar-refractivity contribution < 1.29 is 19.8 Å². The van der Waals surface area contributed by atoms with Crippen molar-refractivity contribution in [2.45, 2.75) is 13.3 Å². The van der Waals surface area contributed by atoms with Gasteiger partial charge in [0.05, 0.1) is 12.0 Å². The molecule has 1 saturated heterocycles. The van der Waals surface area contributed by atoms with Crippen molar-refractivity contribution in [3.05, 3.63) is 29.3 Å². The molecule has 2 N–H and O–H groups in total. The van der Waals surface area contributed by atoms with Gasteiger partial charge in [-0.1, -0.05) is 12.1 Å². The van der Waals surface area contributed by atoms with Crippen molar-refractivity contribution in [3.63, 3.8) is 0 Å². The van der Waals surface area contributed by atoms with Crippen LogP contribution in [0, 0.1) is 12.8 Å². The third-order valence-corrected chi connectivity index (χ3v) is 3.18. The molecular formula is C13H15NO4. The maximum atomic E-state index is 12.0. The summed E-state index contributed by atoms with van der Waals surface area (Å²) >= 11 is 0. The molecule has 1 fully saturated rings. The van der Waals surface area contributed by atoms with Crippen LogP contribution in [0.15, 0.2) is 18.2 Å². The van der Waals surface area contributed by atoms with Crippen molar-refractivity contribution in [1.82, 2.24) is 4.90 Å². The van der Waals surface area contributed by atoms with E-state index in [1.807, 2.05) is 0 Å². The summed E-state index contributed by atoms with van der Waals surface area (Å²) in [4.78, 5) is 24.1. The molecule has 0 atom stereocenters. The van der Waals surface area contributed by atoms with Crippen LogP contribution in [0.3, 0.4) is 0 Å². The van der Waals surface area contributed by atoms with Gasteiger partial charge in [-0.15, -0.1) is 0 Å². The highest BCUT2D eigenvalue weighted by Gasteiger charge is 2.33. The molecule has 2 rings (SSSR count). The largest absolute Gasteiger partial charge is 0.507 e. The molecule has 1 heterocycles. The molecule has 0 unspecified atom stereocenters. The summed E-state index contributed by atoms with van der Waals surface area (Å²) in [7, 11) is 0. The zero-order valence-electron chi connectivity index (χ0n) is 10.1. The number of benzene rings is 1. The maximum Gasteiger partial charge on any atom is 0.303 e. The van der Waals surface area contributed by atoms with E-state index < -0.39 is 5.97 Å². The van der Waals surface area contributed by atoms with Gasteiger partial charge in [0.25, 0.3) is 5.91 Å². The van der Waals surface area contributed by atoms with Crippen LogP contribution in [-0.4, -0.2) is 40.1 Å². The lowest BCUT2D eigenvalue weighted by atomic mass is 9.95. The van der Waals surface area contributed by atoms with Gasteiger partial charge in [-0.25, -0.2) is 0 Å². The number of nitrogens with zero attached hydrogens (tertiary/aromatic N) is 1. The van der Waals surface area contributed by atoms with Gasteiger partial charge in [0.2, 0.25) is 0 Å². The van der Waals surface area contributed by atoms with Crippen LogP contribution in [0.25, 0.3) is 0 Å². The molecule has 5 heteroatoms. The first-order chi connectivity index (χ1) is 8.49. The van der Waals surface area contributed by atoms with E-state index in [1.165, 1.54) is 0 Å². The van der Waals surface area contributed by atoms with Gasteiger partial charge in [0.1, 0.15) is 5.75 Å². The van der Waals surface area contributed by atoms with E-state index in [-0.39, 0.29) is 29.6 Å². The third kappa shape index (κ3) is 2.30. The van der Waals surface area contributed by atoms with E-state index in [1.54, 1.807) is 30.0 Å². The molecule has 1 aromatic rings. The number of hydrogen-bond acceptors (Lipinski definition) is 3. The fourth-order valence-corrected chi connectivity index (χ4v) is 2.11. The van der Waals surface area contributed by atoms with E-state index in [2.05, 4.69) is 0 Å². The van der Waals surface area contributed by atoms with Crippen LogP contribution >= 0.6 is 0 Å². The molecule has 96 valence electrons. The average Bonchev–Trinajstić information content (AvgIpc) is 2.25. The summed E-state index contributed by atoms with van der Waals surface area (Å²) in [5.41, 5.74) is 0.937. The molecule has 0 radical (unpaired) electrons. The highest BCUT2D eigenvalue weighted by Crippen LogP contribution is 2.27. The topological polar surface area (TPSA) is 77.8 Å². The first-order valence-corrected chi connectivity index (χ1v) is 5.78. The molecular weight excluding hydrogens is 234 g/mol. The quantitative estimate of drug-likeness (QED) is 0.845. The van der Waals surface area contributed by atoms with Gasteiger partial charge >= 0.3 is 5.97 Å². The summed E-state index contributed by atoms with van der Waals surface area (Å²) in [6, 6.07) is 5.03. The number of phenols is 1. The Morgan fingerprint density at radius 1 is 1.39 bits per heavy atom. The second-order valence-electron chi connectivity index (χ2n) is 4.65. The van der Waals surface area contributed by atoms with Crippen molar-refractivity contribution in [2.75, 3.05) is 13.1 Å². The van der Waals surface area contributed by atoms with Crippen molar-refractivity contribution >= 4 is 11.9 Å². The molecule has 18 heavy (non-hydrogen) atoms. The van der Waals surface area contributed by atoms with Crippen LogP contribution in [0.4, 0.5) is 0 Å². The van der Waals surface area contributed by atoms with Crippen LogP contribution in [0.2, 0.25) is 0 Å². The van der Waals surface area contributed by atoms with Crippen molar-refractivity contribution in [1.29, 1.82) is 0 Å². The Morgan fingerprint density at radius 3 is 2.67 bits per heavy atom. The minimum absolute atomic E-state index is 0.00387. The smallest absolute Gasteiger partial charge is 0.303 e. The molecule has 1 aliphatic heterocycles. The number of carbonyl (C=O) groups is 2. The first kappa shape index (κ1) is 12.4. The Hall–Kier alpha value is -2.04. The number of likely N-dealkylation sites (tertiary alicyclic amines) is 1. The Morgan fingerprint density at radius 2 is 2.06 bits per heavy atom. The van der Waals surface area contributed by atoms with Gasteiger partial charge in [-0.05, 0) is 18.6 Å². The molecule has 0 spiro atoms. The Kier molecular flexibility index (Phi) is 3.23. The van der Waals surface area contributed by atoms with Gasteiger partial charge in [0, 0.05) is 19.0 Å². The number of hydrogen-bond donors (Lipinski definition) is 2. The van der Waals surface area contributed by atoms with Crippen LogP contribution in [0.1, 0.15) is 22.3 Å². The summed E-state index contributed by atoms with van der Waals surface area (Å²) in [5.74, 6) is -1.05. The number of amides is 1. The minimum Gasteiger partial charge on any atom is -0.507 e. The number of para-hydroxylation sites is 1. The lowest BCUT2D eigenvalue weighted by Crippen LogP contribution is -2.50. The standard InChI is InChI=1S/C13H15NO4/c1-8-3-2-4-10(12(8)17)13(18)14-6-9(7-14)5-11(15)16/h2-4,9,17H,5-7H2,1H3,(H,15,16).